The molecule has 0 aliphatic heterocycles. The topological polar surface area (TPSA) is 70.0 Å². The minimum atomic E-state index is -0.766. The van der Waals surface area contributed by atoms with Gasteiger partial charge in [-0.15, -0.1) is 0 Å². The lowest BCUT2D eigenvalue weighted by atomic mass is 9.90. The van der Waals surface area contributed by atoms with Crippen LogP contribution >= 0.6 is 0 Å². The lowest BCUT2D eigenvalue weighted by Gasteiger charge is -2.35. The molecular weight excluding hydrogens is 258 g/mol. The molecule has 0 unspecified atom stereocenters. The average Bonchev–Trinajstić information content (AvgIpc) is 2.48. The summed E-state index contributed by atoms with van der Waals surface area (Å²) in [6, 6.07) is 9.41. The van der Waals surface area contributed by atoms with Crippen LogP contribution in [0.1, 0.15) is 24.8 Å². The third-order valence-corrected chi connectivity index (χ3v) is 3.79. The standard InChI is InChI=1S/C15H21NO4/c1-16(12-7-8-13(17)14(18)9-12)15(19)20-10-11-5-3-2-4-6-11/h2-6,12-14,17-18H,7-10H2,1H3/t12-,13+,14-/m1/s1. The van der Waals surface area contributed by atoms with Crippen molar-refractivity contribution in [3.63, 3.8) is 0 Å². The van der Waals surface area contributed by atoms with Gasteiger partial charge in [0, 0.05) is 13.1 Å². The molecule has 5 heteroatoms. The molecule has 0 bridgehead atoms. The van der Waals surface area contributed by atoms with Crippen LogP contribution in [0.5, 0.6) is 0 Å². The number of benzene rings is 1. The van der Waals surface area contributed by atoms with Crippen LogP contribution in [0.15, 0.2) is 30.3 Å². The first kappa shape index (κ1) is 14.8. The van der Waals surface area contributed by atoms with Crippen LogP contribution in [0, 0.1) is 0 Å². The van der Waals surface area contributed by atoms with Gasteiger partial charge in [-0.2, -0.15) is 0 Å². The highest BCUT2D eigenvalue weighted by Crippen LogP contribution is 2.23. The predicted molar refractivity (Wildman–Crippen MR) is 74.0 cm³/mol. The van der Waals surface area contributed by atoms with Crippen molar-refractivity contribution in [2.75, 3.05) is 7.05 Å². The lowest BCUT2D eigenvalue weighted by molar-refractivity contribution is -0.0334. The van der Waals surface area contributed by atoms with Gasteiger partial charge in [0.05, 0.1) is 12.2 Å². The third kappa shape index (κ3) is 3.71. The van der Waals surface area contributed by atoms with E-state index >= 15 is 0 Å². The maximum Gasteiger partial charge on any atom is 0.410 e. The van der Waals surface area contributed by atoms with Crippen LogP contribution in [-0.4, -0.2) is 46.5 Å². The van der Waals surface area contributed by atoms with Gasteiger partial charge in [0.2, 0.25) is 0 Å². The molecule has 2 N–H and O–H groups in total. The highest BCUT2D eigenvalue weighted by atomic mass is 16.6. The van der Waals surface area contributed by atoms with Gasteiger partial charge in [0.1, 0.15) is 6.61 Å². The molecule has 1 aliphatic rings. The summed E-state index contributed by atoms with van der Waals surface area (Å²) in [6.45, 7) is 0.238. The van der Waals surface area contributed by atoms with Crippen molar-refractivity contribution in [2.45, 2.75) is 44.1 Å². The quantitative estimate of drug-likeness (QED) is 0.880. The normalized spacial score (nSPS) is 26.1. The van der Waals surface area contributed by atoms with E-state index < -0.39 is 18.3 Å². The van der Waals surface area contributed by atoms with Gasteiger partial charge >= 0.3 is 6.09 Å². The number of carbonyl (C=O) groups is 1. The van der Waals surface area contributed by atoms with Crippen molar-refractivity contribution in [1.82, 2.24) is 4.90 Å². The molecule has 1 amide bonds. The first-order chi connectivity index (χ1) is 9.58. The molecule has 1 aromatic rings. The number of rotatable bonds is 3. The van der Waals surface area contributed by atoms with Crippen LogP contribution in [0.4, 0.5) is 4.79 Å². The van der Waals surface area contributed by atoms with Crippen molar-refractivity contribution in [3.8, 4) is 0 Å². The Morgan fingerprint density at radius 1 is 1.25 bits per heavy atom. The molecule has 20 heavy (non-hydrogen) atoms. The van der Waals surface area contributed by atoms with Gasteiger partial charge in [-0.05, 0) is 24.8 Å². The number of aliphatic hydroxyl groups excluding tert-OH is 2. The summed E-state index contributed by atoms with van der Waals surface area (Å²) in [7, 11) is 1.67. The summed E-state index contributed by atoms with van der Waals surface area (Å²) >= 11 is 0. The molecule has 1 saturated carbocycles. The van der Waals surface area contributed by atoms with E-state index in [9.17, 15) is 15.0 Å². The van der Waals surface area contributed by atoms with Crippen molar-refractivity contribution >= 4 is 6.09 Å². The molecular formula is C15H21NO4. The fourth-order valence-corrected chi connectivity index (χ4v) is 2.43. The Morgan fingerprint density at radius 3 is 2.60 bits per heavy atom. The second-order valence-electron chi connectivity index (χ2n) is 5.25. The maximum absolute atomic E-state index is 12.0. The molecule has 1 aromatic carbocycles. The molecule has 0 saturated heterocycles. The van der Waals surface area contributed by atoms with E-state index in [2.05, 4.69) is 0 Å². The fraction of sp³-hybridized carbons (Fsp3) is 0.533. The smallest absolute Gasteiger partial charge is 0.410 e. The Morgan fingerprint density at radius 2 is 1.95 bits per heavy atom. The zero-order valence-corrected chi connectivity index (χ0v) is 11.6. The Bertz CT molecular complexity index is 437. The molecule has 3 atom stereocenters. The second kappa shape index (κ2) is 6.72. The summed E-state index contributed by atoms with van der Waals surface area (Å²) in [5, 5.41) is 19.1. The molecule has 5 nitrogen and oxygen atoms in total. The van der Waals surface area contributed by atoms with Gasteiger partial charge in [0.25, 0.3) is 0 Å². The van der Waals surface area contributed by atoms with Gasteiger partial charge in [-0.3, -0.25) is 0 Å². The van der Waals surface area contributed by atoms with E-state index in [1.165, 1.54) is 4.90 Å². The van der Waals surface area contributed by atoms with E-state index in [-0.39, 0.29) is 12.6 Å². The largest absolute Gasteiger partial charge is 0.445 e. The Balaban J connectivity index is 1.83. The highest BCUT2D eigenvalue weighted by Gasteiger charge is 2.32. The average molecular weight is 279 g/mol. The Labute approximate surface area is 118 Å². The minimum Gasteiger partial charge on any atom is -0.445 e. The van der Waals surface area contributed by atoms with Crippen LogP contribution in [0.25, 0.3) is 0 Å². The van der Waals surface area contributed by atoms with Crippen LogP contribution in [-0.2, 0) is 11.3 Å². The number of aliphatic hydroxyl groups is 2. The van der Waals surface area contributed by atoms with E-state index in [1.807, 2.05) is 30.3 Å². The van der Waals surface area contributed by atoms with Gasteiger partial charge in [-0.25, -0.2) is 4.79 Å². The van der Waals surface area contributed by atoms with Crippen molar-refractivity contribution in [3.05, 3.63) is 35.9 Å². The summed E-state index contributed by atoms with van der Waals surface area (Å²) < 4.78 is 5.25. The summed E-state index contributed by atoms with van der Waals surface area (Å²) in [6.07, 6.45) is -0.282. The second-order valence-corrected chi connectivity index (χ2v) is 5.25. The van der Waals surface area contributed by atoms with Crippen LogP contribution in [0.3, 0.4) is 0 Å². The maximum atomic E-state index is 12.0. The zero-order chi connectivity index (χ0) is 14.5. The molecule has 1 aliphatic carbocycles. The highest BCUT2D eigenvalue weighted by molar-refractivity contribution is 5.67. The first-order valence-corrected chi connectivity index (χ1v) is 6.87. The molecule has 0 radical (unpaired) electrons. The van der Waals surface area contributed by atoms with Gasteiger partial charge in [0.15, 0.2) is 0 Å². The SMILES string of the molecule is CN(C(=O)OCc1ccccc1)[C@@H]1CC[C@H](O)[C@H](O)C1. The molecule has 0 spiro atoms. The number of ether oxygens (including phenoxy) is 1. The summed E-state index contributed by atoms with van der Waals surface area (Å²) in [4.78, 5) is 13.5. The monoisotopic (exact) mass is 279 g/mol. The van der Waals surface area contributed by atoms with Gasteiger partial charge in [-0.1, -0.05) is 30.3 Å². The van der Waals surface area contributed by atoms with E-state index in [0.29, 0.717) is 19.3 Å². The molecule has 2 rings (SSSR count). The molecule has 110 valence electrons. The van der Waals surface area contributed by atoms with E-state index in [0.717, 1.165) is 5.56 Å². The molecule has 1 fully saturated rings. The Hall–Kier alpha value is -1.59. The number of carbonyl (C=O) groups excluding carboxylic acids is 1. The summed E-state index contributed by atoms with van der Waals surface area (Å²) in [5.41, 5.74) is 0.938. The number of hydrogen-bond donors (Lipinski definition) is 2. The first-order valence-electron chi connectivity index (χ1n) is 6.87. The van der Waals surface area contributed by atoms with Gasteiger partial charge < -0.3 is 19.8 Å². The zero-order valence-electron chi connectivity index (χ0n) is 11.6. The number of hydrogen-bond acceptors (Lipinski definition) is 4. The fourth-order valence-electron chi connectivity index (χ4n) is 2.43. The summed E-state index contributed by atoms with van der Waals surface area (Å²) in [5.74, 6) is 0. The molecule has 0 aromatic heterocycles. The lowest BCUT2D eigenvalue weighted by Crippen LogP contribution is -2.45. The van der Waals surface area contributed by atoms with Crippen molar-refractivity contribution in [2.24, 2.45) is 0 Å². The van der Waals surface area contributed by atoms with Crippen LogP contribution in [0.2, 0.25) is 0 Å². The number of amides is 1. The minimum absolute atomic E-state index is 0.0864. The van der Waals surface area contributed by atoms with E-state index in [4.69, 9.17) is 4.74 Å². The van der Waals surface area contributed by atoms with Crippen LogP contribution < -0.4 is 0 Å². The number of nitrogens with zero attached hydrogens (tertiary/aromatic N) is 1. The van der Waals surface area contributed by atoms with Crippen molar-refractivity contribution < 1.29 is 19.7 Å². The molecule has 0 heterocycles. The predicted octanol–water partition coefficient (Wildman–Crippen LogP) is 1.53. The third-order valence-electron chi connectivity index (χ3n) is 3.79. The Kier molecular flexibility index (Phi) is 4.98. The van der Waals surface area contributed by atoms with Crippen molar-refractivity contribution in [1.29, 1.82) is 0 Å². The van der Waals surface area contributed by atoms with E-state index in [1.54, 1.807) is 7.05 Å².